The lowest BCUT2D eigenvalue weighted by Crippen LogP contribution is -2.48. The minimum atomic E-state index is -0.0341. The molecule has 1 heterocycles. The lowest BCUT2D eigenvalue weighted by atomic mass is 9.73. The molecule has 0 atom stereocenters. The second kappa shape index (κ2) is 14.1. The van der Waals surface area contributed by atoms with Crippen molar-refractivity contribution in [2.45, 2.75) is 45.4 Å². The third-order valence-electron chi connectivity index (χ3n) is 5.40. The molecule has 0 unspecified atom stereocenters. The third-order valence-corrected chi connectivity index (χ3v) is 5.40. The Kier molecular flexibility index (Phi) is 12.7. The molecule has 0 bridgehead atoms. The van der Waals surface area contributed by atoms with E-state index in [4.69, 9.17) is 14.2 Å². The average Bonchev–Trinajstić information content (AvgIpc) is 2.73. The average molecular weight is 533 g/mol. The first-order chi connectivity index (χ1) is 14.0. The summed E-state index contributed by atoms with van der Waals surface area (Å²) in [6, 6.07) is 6.44. The Morgan fingerprint density at radius 2 is 1.97 bits per heavy atom. The smallest absolute Gasteiger partial charge is 0.191 e. The molecule has 1 aliphatic heterocycles. The highest BCUT2D eigenvalue weighted by molar-refractivity contribution is 14.0. The number of nitrogens with one attached hydrogen (secondary N) is 2. The zero-order valence-corrected chi connectivity index (χ0v) is 21.6. The van der Waals surface area contributed by atoms with E-state index in [0.717, 1.165) is 70.5 Å². The molecule has 0 aliphatic carbocycles. The van der Waals surface area contributed by atoms with Gasteiger partial charge in [0.1, 0.15) is 5.75 Å². The fourth-order valence-corrected chi connectivity index (χ4v) is 3.71. The summed E-state index contributed by atoms with van der Waals surface area (Å²) in [6.45, 7) is 11.2. The number of benzene rings is 1. The molecule has 0 amide bonds. The van der Waals surface area contributed by atoms with Gasteiger partial charge in [-0.25, -0.2) is 0 Å². The van der Waals surface area contributed by atoms with Crippen molar-refractivity contribution in [2.75, 3.05) is 53.7 Å². The van der Waals surface area contributed by atoms with Crippen molar-refractivity contribution in [1.29, 1.82) is 0 Å². The quantitative estimate of drug-likeness (QED) is 0.207. The number of hydrogen-bond acceptors (Lipinski definition) is 4. The van der Waals surface area contributed by atoms with Crippen LogP contribution in [0.25, 0.3) is 0 Å². The van der Waals surface area contributed by atoms with E-state index in [1.54, 1.807) is 7.11 Å². The molecule has 1 aromatic rings. The Morgan fingerprint density at radius 1 is 1.23 bits per heavy atom. The number of guanidine groups is 1. The van der Waals surface area contributed by atoms with E-state index in [1.807, 2.05) is 7.05 Å². The first-order valence-electron chi connectivity index (χ1n) is 10.8. The van der Waals surface area contributed by atoms with Crippen molar-refractivity contribution < 1.29 is 14.2 Å². The monoisotopic (exact) mass is 533 g/mol. The Balaban J connectivity index is 0.00000450. The van der Waals surface area contributed by atoms with Crippen molar-refractivity contribution in [3.05, 3.63) is 29.3 Å². The lowest BCUT2D eigenvalue weighted by molar-refractivity contribution is 0.0505. The van der Waals surface area contributed by atoms with Crippen LogP contribution in [0.4, 0.5) is 0 Å². The normalized spacial score (nSPS) is 16.1. The summed E-state index contributed by atoms with van der Waals surface area (Å²) in [5.74, 6) is 2.35. The molecule has 1 fully saturated rings. The van der Waals surface area contributed by atoms with Crippen LogP contribution >= 0.6 is 24.0 Å². The minimum absolute atomic E-state index is 0. The molecule has 6 nitrogen and oxygen atoms in total. The van der Waals surface area contributed by atoms with Crippen molar-refractivity contribution in [1.82, 2.24) is 10.6 Å². The standard InChI is InChI=1S/C23H39N3O3.HI/c1-18(2)16-29-12-6-11-25-22(24-4)26-17-23(9-13-28-14-10-23)20-15-19(3)7-8-21(20)27-5;/h7-8,15,18H,6,9-14,16-17H2,1-5H3,(H2,24,25,26);1H. The fraction of sp³-hybridized carbons (Fsp3) is 0.696. The maximum absolute atomic E-state index is 5.70. The molecule has 30 heavy (non-hydrogen) atoms. The summed E-state index contributed by atoms with van der Waals surface area (Å²) in [5.41, 5.74) is 2.47. The number of rotatable bonds is 10. The first-order valence-corrected chi connectivity index (χ1v) is 10.8. The van der Waals surface area contributed by atoms with E-state index in [2.05, 4.69) is 54.6 Å². The van der Waals surface area contributed by atoms with Crippen LogP contribution in [0.2, 0.25) is 0 Å². The summed E-state index contributed by atoms with van der Waals surface area (Å²) in [7, 11) is 3.56. The number of halogens is 1. The van der Waals surface area contributed by atoms with Crippen LogP contribution in [0.3, 0.4) is 0 Å². The molecule has 1 saturated heterocycles. The predicted molar refractivity (Wildman–Crippen MR) is 135 cm³/mol. The molecular formula is C23H40IN3O3. The number of hydrogen-bond donors (Lipinski definition) is 2. The summed E-state index contributed by atoms with van der Waals surface area (Å²) < 4.78 is 17.0. The molecule has 0 radical (unpaired) electrons. The van der Waals surface area contributed by atoms with E-state index < -0.39 is 0 Å². The van der Waals surface area contributed by atoms with Gasteiger partial charge >= 0.3 is 0 Å². The Hall–Kier alpha value is -1.06. The summed E-state index contributed by atoms with van der Waals surface area (Å²) in [5, 5.41) is 6.95. The van der Waals surface area contributed by atoms with Crippen molar-refractivity contribution >= 4 is 29.9 Å². The van der Waals surface area contributed by atoms with E-state index in [9.17, 15) is 0 Å². The fourth-order valence-electron chi connectivity index (χ4n) is 3.71. The van der Waals surface area contributed by atoms with Gasteiger partial charge in [-0.2, -0.15) is 0 Å². The number of methoxy groups -OCH3 is 1. The number of nitrogens with zero attached hydrogens (tertiary/aromatic N) is 1. The van der Waals surface area contributed by atoms with E-state index in [-0.39, 0.29) is 29.4 Å². The molecule has 1 aliphatic rings. The summed E-state index contributed by atoms with van der Waals surface area (Å²) >= 11 is 0. The van der Waals surface area contributed by atoms with E-state index >= 15 is 0 Å². The van der Waals surface area contributed by atoms with Crippen molar-refractivity contribution in [3.8, 4) is 5.75 Å². The molecule has 0 spiro atoms. The Bertz CT molecular complexity index is 647. The zero-order chi connectivity index (χ0) is 21.1. The van der Waals surface area contributed by atoms with Gasteiger partial charge in [-0.1, -0.05) is 31.5 Å². The molecular weight excluding hydrogens is 493 g/mol. The van der Waals surface area contributed by atoms with Gasteiger partial charge in [0.25, 0.3) is 0 Å². The summed E-state index contributed by atoms with van der Waals surface area (Å²) in [4.78, 5) is 4.39. The molecule has 172 valence electrons. The van der Waals surface area contributed by atoms with Crippen LogP contribution in [-0.4, -0.2) is 59.6 Å². The topological polar surface area (TPSA) is 64.1 Å². The van der Waals surface area contributed by atoms with Gasteiger partial charge in [0.2, 0.25) is 0 Å². The molecule has 7 heteroatoms. The van der Waals surface area contributed by atoms with Gasteiger partial charge in [0, 0.05) is 57.5 Å². The minimum Gasteiger partial charge on any atom is -0.496 e. The predicted octanol–water partition coefficient (Wildman–Crippen LogP) is 3.90. The molecule has 1 aromatic carbocycles. The lowest BCUT2D eigenvalue weighted by Gasteiger charge is -2.39. The Labute approximate surface area is 199 Å². The SMILES string of the molecule is CN=C(NCCCOCC(C)C)NCC1(c2cc(C)ccc2OC)CCOCC1.I. The number of aryl methyl sites for hydroxylation is 1. The zero-order valence-electron chi connectivity index (χ0n) is 19.3. The largest absolute Gasteiger partial charge is 0.496 e. The van der Waals surface area contributed by atoms with Crippen LogP contribution in [0.1, 0.15) is 44.2 Å². The Morgan fingerprint density at radius 3 is 2.60 bits per heavy atom. The highest BCUT2D eigenvalue weighted by Gasteiger charge is 2.37. The second-order valence-corrected chi connectivity index (χ2v) is 8.27. The van der Waals surface area contributed by atoms with Crippen LogP contribution in [-0.2, 0) is 14.9 Å². The van der Waals surface area contributed by atoms with E-state index in [1.165, 1.54) is 11.1 Å². The van der Waals surface area contributed by atoms with Crippen molar-refractivity contribution in [2.24, 2.45) is 10.9 Å². The van der Waals surface area contributed by atoms with Gasteiger partial charge in [0.15, 0.2) is 5.96 Å². The van der Waals surface area contributed by atoms with Gasteiger partial charge < -0.3 is 24.8 Å². The van der Waals surface area contributed by atoms with Gasteiger partial charge in [-0.3, -0.25) is 4.99 Å². The van der Waals surface area contributed by atoms with Crippen LogP contribution in [0, 0.1) is 12.8 Å². The number of aliphatic imine (C=N–C) groups is 1. The summed E-state index contributed by atoms with van der Waals surface area (Å²) in [6.07, 6.45) is 2.87. The molecule has 0 saturated carbocycles. The van der Waals surface area contributed by atoms with Gasteiger partial charge in [-0.05, 0) is 38.2 Å². The molecule has 2 rings (SSSR count). The van der Waals surface area contributed by atoms with Crippen LogP contribution < -0.4 is 15.4 Å². The molecule has 2 N–H and O–H groups in total. The maximum atomic E-state index is 5.70. The molecule has 0 aromatic heterocycles. The number of ether oxygens (including phenoxy) is 3. The van der Waals surface area contributed by atoms with Gasteiger partial charge in [0.05, 0.1) is 7.11 Å². The van der Waals surface area contributed by atoms with Crippen LogP contribution in [0.15, 0.2) is 23.2 Å². The second-order valence-electron chi connectivity index (χ2n) is 8.27. The first kappa shape index (κ1) is 27.0. The van der Waals surface area contributed by atoms with Gasteiger partial charge in [-0.15, -0.1) is 24.0 Å². The van der Waals surface area contributed by atoms with E-state index in [0.29, 0.717) is 5.92 Å². The van der Waals surface area contributed by atoms with Crippen LogP contribution in [0.5, 0.6) is 5.75 Å². The van der Waals surface area contributed by atoms with Crippen molar-refractivity contribution in [3.63, 3.8) is 0 Å². The maximum Gasteiger partial charge on any atom is 0.191 e. The third kappa shape index (κ3) is 8.23. The highest BCUT2D eigenvalue weighted by atomic mass is 127. The highest BCUT2D eigenvalue weighted by Crippen LogP contribution is 2.40.